The molecular formula is C28H16O4. The molecule has 0 aliphatic rings. The van der Waals surface area contributed by atoms with Gasteiger partial charge in [-0.3, -0.25) is 0 Å². The summed E-state index contributed by atoms with van der Waals surface area (Å²) in [7, 11) is 0. The molecule has 4 heteroatoms. The standard InChI is InChI=1S/C28H16O4/c1-3-13-29-19-9-5-17-7-11-23-25(21(17)15-19)27-26-22-16-20(30-14-4-2)10-6-18(22)8-12-24(26)32-28(27)31-23/h1-2,5-12,15-16H,13-14H2. The van der Waals surface area contributed by atoms with Crippen LogP contribution in [-0.4, -0.2) is 13.2 Å². The quantitative estimate of drug-likeness (QED) is 0.301. The van der Waals surface area contributed by atoms with Crippen molar-refractivity contribution in [3.63, 3.8) is 0 Å². The van der Waals surface area contributed by atoms with Crippen molar-refractivity contribution in [2.75, 3.05) is 13.2 Å². The van der Waals surface area contributed by atoms with Gasteiger partial charge in [-0.25, -0.2) is 0 Å². The highest BCUT2D eigenvalue weighted by Gasteiger charge is 2.20. The minimum Gasteiger partial charge on any atom is -0.481 e. The first-order valence-corrected chi connectivity index (χ1v) is 10.1. The predicted molar refractivity (Wildman–Crippen MR) is 127 cm³/mol. The smallest absolute Gasteiger partial charge is 0.299 e. The van der Waals surface area contributed by atoms with Gasteiger partial charge in [-0.15, -0.1) is 12.8 Å². The molecule has 32 heavy (non-hydrogen) atoms. The van der Waals surface area contributed by atoms with Crippen molar-refractivity contribution in [1.82, 2.24) is 0 Å². The highest BCUT2D eigenvalue weighted by atomic mass is 16.5. The molecule has 0 radical (unpaired) electrons. The fraction of sp³-hybridized carbons (Fsp3) is 0.0714. The molecule has 0 fully saturated rings. The van der Waals surface area contributed by atoms with Gasteiger partial charge in [0.05, 0.1) is 5.39 Å². The summed E-state index contributed by atoms with van der Waals surface area (Å²) in [5.74, 6) is 6.91. The average molecular weight is 416 g/mol. The molecule has 0 saturated heterocycles. The monoisotopic (exact) mass is 416 g/mol. The number of benzene rings is 4. The molecule has 0 aliphatic carbocycles. The van der Waals surface area contributed by atoms with Crippen LogP contribution >= 0.6 is 0 Å². The number of ether oxygens (including phenoxy) is 2. The average Bonchev–Trinajstić information content (AvgIpc) is 3.36. The van der Waals surface area contributed by atoms with Gasteiger partial charge < -0.3 is 18.3 Å². The number of furan rings is 2. The lowest BCUT2D eigenvalue weighted by Crippen LogP contribution is -1.93. The van der Waals surface area contributed by atoms with E-state index < -0.39 is 0 Å². The Morgan fingerprint density at radius 2 is 1.09 bits per heavy atom. The van der Waals surface area contributed by atoms with Gasteiger partial charge in [-0.2, -0.15) is 0 Å². The summed E-state index contributed by atoms with van der Waals surface area (Å²) >= 11 is 0. The summed E-state index contributed by atoms with van der Waals surface area (Å²) in [4.78, 5) is 0. The molecule has 2 aromatic heterocycles. The van der Waals surface area contributed by atoms with Crippen LogP contribution in [0.2, 0.25) is 0 Å². The van der Waals surface area contributed by atoms with Gasteiger partial charge in [0.15, 0.2) is 0 Å². The SMILES string of the molecule is C#CCOc1ccc2ccc3oc4oc5ccc6ccc(OCC#C)cc6c5c4c3c2c1. The van der Waals surface area contributed by atoms with Crippen LogP contribution in [0, 0.1) is 24.7 Å². The second-order valence-corrected chi connectivity index (χ2v) is 7.50. The van der Waals surface area contributed by atoms with Crippen LogP contribution in [0.1, 0.15) is 0 Å². The Bertz CT molecular complexity index is 1630. The van der Waals surface area contributed by atoms with E-state index in [-0.39, 0.29) is 13.2 Å². The van der Waals surface area contributed by atoms with Crippen LogP contribution in [0.3, 0.4) is 0 Å². The van der Waals surface area contributed by atoms with E-state index in [1.165, 1.54) is 0 Å². The molecule has 2 heterocycles. The lowest BCUT2D eigenvalue weighted by molar-refractivity contribution is 0.371. The van der Waals surface area contributed by atoms with Crippen molar-refractivity contribution in [3.8, 4) is 36.2 Å². The Hall–Kier alpha value is -4.54. The van der Waals surface area contributed by atoms with Gasteiger partial charge >= 0.3 is 0 Å². The normalized spacial score (nSPS) is 11.3. The van der Waals surface area contributed by atoms with Crippen LogP contribution in [0.25, 0.3) is 54.6 Å². The molecule has 0 aliphatic heterocycles. The van der Waals surface area contributed by atoms with E-state index in [1.54, 1.807) is 0 Å². The van der Waals surface area contributed by atoms with Crippen LogP contribution in [0.15, 0.2) is 69.5 Å². The van der Waals surface area contributed by atoms with E-state index in [0.29, 0.717) is 17.3 Å². The summed E-state index contributed by atoms with van der Waals surface area (Å²) in [6.45, 7) is 0.421. The highest BCUT2D eigenvalue weighted by Crippen LogP contribution is 2.44. The third-order valence-corrected chi connectivity index (χ3v) is 5.66. The maximum atomic E-state index is 6.11. The second-order valence-electron chi connectivity index (χ2n) is 7.50. The third kappa shape index (κ3) is 2.68. The first-order valence-electron chi connectivity index (χ1n) is 10.1. The van der Waals surface area contributed by atoms with Crippen molar-refractivity contribution < 1.29 is 18.3 Å². The van der Waals surface area contributed by atoms with Crippen molar-refractivity contribution in [1.29, 1.82) is 0 Å². The van der Waals surface area contributed by atoms with Gasteiger partial charge in [0.1, 0.15) is 35.9 Å². The van der Waals surface area contributed by atoms with Crippen molar-refractivity contribution >= 4 is 54.6 Å². The molecule has 152 valence electrons. The van der Waals surface area contributed by atoms with E-state index in [9.17, 15) is 0 Å². The third-order valence-electron chi connectivity index (χ3n) is 5.66. The van der Waals surface area contributed by atoms with E-state index in [2.05, 4.69) is 11.8 Å². The molecule has 0 unspecified atom stereocenters. The predicted octanol–water partition coefficient (Wildman–Crippen LogP) is 6.66. The van der Waals surface area contributed by atoms with Crippen molar-refractivity contribution in [2.24, 2.45) is 0 Å². The van der Waals surface area contributed by atoms with Crippen molar-refractivity contribution in [2.45, 2.75) is 0 Å². The topological polar surface area (TPSA) is 44.7 Å². The van der Waals surface area contributed by atoms with E-state index >= 15 is 0 Å². The second kappa shape index (κ2) is 7.01. The molecule has 4 aromatic carbocycles. The molecule has 6 aromatic rings. The molecule has 4 nitrogen and oxygen atoms in total. The molecule has 6 rings (SSSR count). The molecule has 0 spiro atoms. The summed E-state index contributed by atoms with van der Waals surface area (Å²) in [6, 6.07) is 19.8. The van der Waals surface area contributed by atoms with E-state index in [0.717, 1.165) is 48.9 Å². The molecule has 0 bridgehead atoms. The van der Waals surface area contributed by atoms with Crippen molar-refractivity contribution in [3.05, 3.63) is 60.7 Å². The first-order chi connectivity index (χ1) is 15.8. The fourth-order valence-electron chi connectivity index (χ4n) is 4.32. The number of rotatable bonds is 4. The zero-order chi connectivity index (χ0) is 21.7. The minimum absolute atomic E-state index is 0.210. The zero-order valence-electron chi connectivity index (χ0n) is 17.0. The molecule has 0 amide bonds. The van der Waals surface area contributed by atoms with Gasteiger partial charge in [-0.05, 0) is 57.9 Å². The number of hydrogen-bond donors (Lipinski definition) is 0. The maximum Gasteiger partial charge on any atom is 0.299 e. The highest BCUT2D eigenvalue weighted by molar-refractivity contribution is 6.30. The summed E-state index contributed by atoms with van der Waals surface area (Å²) in [5.41, 5.74) is 1.50. The molecule has 0 N–H and O–H groups in total. The Morgan fingerprint density at radius 1 is 0.625 bits per heavy atom. The van der Waals surface area contributed by atoms with E-state index in [1.807, 2.05) is 60.7 Å². The summed E-state index contributed by atoms with van der Waals surface area (Å²) < 4.78 is 23.6. The number of hydrogen-bond acceptors (Lipinski definition) is 4. The van der Waals surface area contributed by atoms with Crippen LogP contribution < -0.4 is 9.47 Å². The lowest BCUT2D eigenvalue weighted by atomic mass is 10.00. The van der Waals surface area contributed by atoms with Gasteiger partial charge in [0.2, 0.25) is 0 Å². The van der Waals surface area contributed by atoms with Gasteiger partial charge in [0.25, 0.3) is 5.78 Å². The lowest BCUT2D eigenvalue weighted by Gasteiger charge is -2.06. The molecule has 0 atom stereocenters. The Morgan fingerprint density at radius 3 is 1.56 bits per heavy atom. The Labute approximate surface area is 183 Å². The zero-order valence-corrected chi connectivity index (χ0v) is 17.0. The minimum atomic E-state index is 0.210. The van der Waals surface area contributed by atoms with Crippen LogP contribution in [-0.2, 0) is 0 Å². The van der Waals surface area contributed by atoms with Gasteiger partial charge in [0, 0.05) is 10.8 Å². The number of fused-ring (bicyclic) bond motifs is 9. The maximum absolute atomic E-state index is 6.11. The molecule has 0 saturated carbocycles. The van der Waals surface area contributed by atoms with Crippen LogP contribution in [0.5, 0.6) is 11.5 Å². The van der Waals surface area contributed by atoms with Gasteiger partial charge in [-0.1, -0.05) is 36.1 Å². The first kappa shape index (κ1) is 18.2. The Kier molecular flexibility index (Phi) is 4.00. The summed E-state index contributed by atoms with van der Waals surface area (Å²) in [5, 5.41) is 7.04. The van der Waals surface area contributed by atoms with Crippen LogP contribution in [0.4, 0.5) is 0 Å². The summed E-state index contributed by atoms with van der Waals surface area (Å²) in [6.07, 6.45) is 10.7. The largest absolute Gasteiger partial charge is 0.481 e. The molecular weight excluding hydrogens is 400 g/mol. The van der Waals surface area contributed by atoms with E-state index in [4.69, 9.17) is 31.2 Å². The fourth-order valence-corrected chi connectivity index (χ4v) is 4.32. The number of terminal acetylenes is 2. The Balaban J connectivity index is 1.73.